The van der Waals surface area contributed by atoms with Crippen LogP contribution >= 0.6 is 11.6 Å². The molecule has 0 bridgehead atoms. The van der Waals surface area contributed by atoms with Crippen molar-refractivity contribution in [2.45, 2.75) is 0 Å². The molecular formula is C10H11ClN2O. The standard InChI is InChI=1S/C10H11ClN2O/c1-12-10(14)9-7(11)5-4-6-8(9)13(2)3/h4-6H,1H2,2-3H3. The minimum atomic E-state index is -0.403. The molecule has 0 N–H and O–H groups in total. The smallest absolute Gasteiger partial charge is 0.279 e. The van der Waals surface area contributed by atoms with Gasteiger partial charge in [0.1, 0.15) is 0 Å². The van der Waals surface area contributed by atoms with E-state index in [4.69, 9.17) is 11.6 Å². The van der Waals surface area contributed by atoms with E-state index in [0.717, 1.165) is 5.69 Å². The first-order chi connectivity index (χ1) is 6.57. The van der Waals surface area contributed by atoms with Crippen molar-refractivity contribution >= 4 is 29.9 Å². The van der Waals surface area contributed by atoms with Crippen molar-refractivity contribution in [2.75, 3.05) is 19.0 Å². The van der Waals surface area contributed by atoms with Crippen LogP contribution in [0.2, 0.25) is 5.02 Å². The number of hydrogen-bond acceptors (Lipinski definition) is 2. The van der Waals surface area contributed by atoms with Gasteiger partial charge in [-0.05, 0) is 18.9 Å². The minimum Gasteiger partial charge on any atom is -0.377 e. The van der Waals surface area contributed by atoms with Gasteiger partial charge >= 0.3 is 0 Å². The molecule has 0 spiro atoms. The Balaban J connectivity index is 3.36. The molecule has 0 aliphatic rings. The molecule has 1 aromatic carbocycles. The summed E-state index contributed by atoms with van der Waals surface area (Å²) in [4.78, 5) is 16.6. The van der Waals surface area contributed by atoms with Crippen LogP contribution in [0.25, 0.3) is 0 Å². The van der Waals surface area contributed by atoms with Crippen LogP contribution in [0, 0.1) is 0 Å². The van der Waals surface area contributed by atoms with E-state index in [2.05, 4.69) is 11.7 Å². The first-order valence-electron chi connectivity index (χ1n) is 4.04. The first kappa shape index (κ1) is 10.7. The third-order valence-electron chi connectivity index (χ3n) is 1.83. The highest BCUT2D eigenvalue weighted by Gasteiger charge is 2.14. The van der Waals surface area contributed by atoms with Crippen molar-refractivity contribution in [1.29, 1.82) is 0 Å². The molecule has 0 heterocycles. The highest BCUT2D eigenvalue weighted by molar-refractivity contribution is 6.34. The van der Waals surface area contributed by atoms with Crippen LogP contribution in [0.15, 0.2) is 23.2 Å². The molecule has 0 atom stereocenters. The van der Waals surface area contributed by atoms with E-state index in [1.807, 2.05) is 25.1 Å². The second-order valence-corrected chi connectivity index (χ2v) is 3.40. The summed E-state index contributed by atoms with van der Waals surface area (Å²) in [7, 11) is 3.68. The monoisotopic (exact) mass is 210 g/mol. The molecule has 0 fully saturated rings. The van der Waals surface area contributed by atoms with Gasteiger partial charge in [-0.2, -0.15) is 0 Å². The number of anilines is 1. The summed E-state index contributed by atoms with van der Waals surface area (Å²) in [5.74, 6) is -0.403. The molecule has 0 aromatic heterocycles. The summed E-state index contributed by atoms with van der Waals surface area (Å²) in [6.07, 6.45) is 0. The number of aliphatic imine (C=N–C) groups is 1. The quantitative estimate of drug-likeness (QED) is 0.702. The highest BCUT2D eigenvalue weighted by Crippen LogP contribution is 2.26. The van der Waals surface area contributed by atoms with E-state index in [0.29, 0.717) is 10.6 Å². The number of carbonyl (C=O) groups excluding carboxylic acids is 1. The normalized spacial score (nSPS) is 9.64. The molecule has 0 unspecified atom stereocenters. The van der Waals surface area contributed by atoms with Gasteiger partial charge in [0.05, 0.1) is 16.3 Å². The largest absolute Gasteiger partial charge is 0.377 e. The zero-order valence-electron chi connectivity index (χ0n) is 8.12. The van der Waals surface area contributed by atoms with Crippen LogP contribution in [0.3, 0.4) is 0 Å². The molecule has 0 aliphatic heterocycles. The highest BCUT2D eigenvalue weighted by atomic mass is 35.5. The van der Waals surface area contributed by atoms with Crippen LogP contribution < -0.4 is 4.90 Å². The second-order valence-electron chi connectivity index (χ2n) is 2.99. The van der Waals surface area contributed by atoms with Crippen LogP contribution in [0.4, 0.5) is 5.69 Å². The molecule has 74 valence electrons. The summed E-state index contributed by atoms with van der Waals surface area (Å²) in [6.45, 7) is 3.20. The van der Waals surface area contributed by atoms with Crippen molar-refractivity contribution < 1.29 is 4.79 Å². The van der Waals surface area contributed by atoms with Crippen LogP contribution in [-0.2, 0) is 0 Å². The van der Waals surface area contributed by atoms with E-state index in [1.54, 1.807) is 12.1 Å². The molecule has 0 saturated heterocycles. The van der Waals surface area contributed by atoms with E-state index in [1.165, 1.54) is 0 Å². The Kier molecular flexibility index (Phi) is 3.25. The third kappa shape index (κ3) is 1.93. The lowest BCUT2D eigenvalue weighted by Crippen LogP contribution is -2.13. The maximum absolute atomic E-state index is 11.4. The van der Waals surface area contributed by atoms with E-state index < -0.39 is 5.91 Å². The number of carbonyl (C=O) groups is 1. The number of rotatable bonds is 2. The van der Waals surface area contributed by atoms with Gasteiger partial charge in [0.15, 0.2) is 0 Å². The van der Waals surface area contributed by atoms with E-state index in [9.17, 15) is 4.79 Å². The van der Waals surface area contributed by atoms with Gasteiger partial charge in [-0.15, -0.1) is 0 Å². The van der Waals surface area contributed by atoms with Gasteiger partial charge in [0.25, 0.3) is 5.91 Å². The SMILES string of the molecule is C=NC(=O)c1c(Cl)cccc1N(C)C. The molecule has 14 heavy (non-hydrogen) atoms. The fourth-order valence-corrected chi connectivity index (χ4v) is 1.43. The molecule has 3 nitrogen and oxygen atoms in total. The fraction of sp³-hybridized carbons (Fsp3) is 0.200. The maximum Gasteiger partial charge on any atom is 0.279 e. The Morgan fingerprint density at radius 2 is 2.14 bits per heavy atom. The topological polar surface area (TPSA) is 32.7 Å². The lowest BCUT2D eigenvalue weighted by atomic mass is 10.1. The predicted molar refractivity (Wildman–Crippen MR) is 59.7 cm³/mol. The first-order valence-corrected chi connectivity index (χ1v) is 4.42. The van der Waals surface area contributed by atoms with Crippen molar-refractivity contribution in [1.82, 2.24) is 0 Å². The molecule has 1 amide bonds. The number of benzene rings is 1. The molecule has 0 aliphatic carbocycles. The van der Waals surface area contributed by atoms with E-state index >= 15 is 0 Å². The summed E-state index contributed by atoms with van der Waals surface area (Å²) < 4.78 is 0. The van der Waals surface area contributed by atoms with E-state index in [-0.39, 0.29) is 0 Å². The van der Waals surface area contributed by atoms with Crippen molar-refractivity contribution in [3.8, 4) is 0 Å². The van der Waals surface area contributed by atoms with Crippen molar-refractivity contribution in [3.63, 3.8) is 0 Å². The average molecular weight is 211 g/mol. The molecule has 0 radical (unpaired) electrons. The molecular weight excluding hydrogens is 200 g/mol. The second kappa shape index (κ2) is 4.24. The van der Waals surface area contributed by atoms with Crippen LogP contribution in [0.1, 0.15) is 10.4 Å². The average Bonchev–Trinajstić information content (AvgIpc) is 2.16. The van der Waals surface area contributed by atoms with Gasteiger partial charge in [-0.25, -0.2) is 4.99 Å². The summed E-state index contributed by atoms with van der Waals surface area (Å²) in [5, 5.41) is 0.397. The third-order valence-corrected chi connectivity index (χ3v) is 2.15. The zero-order chi connectivity index (χ0) is 10.7. The van der Waals surface area contributed by atoms with Crippen LogP contribution in [-0.4, -0.2) is 26.7 Å². The zero-order valence-corrected chi connectivity index (χ0v) is 8.88. The number of halogens is 1. The van der Waals surface area contributed by atoms with Gasteiger partial charge in [-0.3, -0.25) is 4.79 Å². The molecule has 4 heteroatoms. The van der Waals surface area contributed by atoms with Crippen LogP contribution in [0.5, 0.6) is 0 Å². The Morgan fingerprint density at radius 1 is 1.50 bits per heavy atom. The minimum absolute atomic E-state index is 0.397. The molecule has 0 saturated carbocycles. The summed E-state index contributed by atoms with van der Waals surface area (Å²) >= 11 is 5.91. The number of hydrogen-bond donors (Lipinski definition) is 0. The van der Waals surface area contributed by atoms with Gasteiger partial charge in [0.2, 0.25) is 0 Å². The summed E-state index contributed by atoms with van der Waals surface area (Å²) in [6, 6.07) is 5.26. The predicted octanol–water partition coefficient (Wildman–Crippen LogP) is 2.25. The van der Waals surface area contributed by atoms with Gasteiger partial charge < -0.3 is 4.90 Å². The fourth-order valence-electron chi connectivity index (χ4n) is 1.18. The number of amides is 1. The maximum atomic E-state index is 11.4. The molecule has 1 aromatic rings. The van der Waals surface area contributed by atoms with Crippen molar-refractivity contribution in [3.05, 3.63) is 28.8 Å². The summed E-state index contributed by atoms with van der Waals surface area (Å²) in [5.41, 5.74) is 1.14. The lowest BCUT2D eigenvalue weighted by Gasteiger charge is -2.16. The van der Waals surface area contributed by atoms with Crippen molar-refractivity contribution in [2.24, 2.45) is 4.99 Å². The lowest BCUT2D eigenvalue weighted by molar-refractivity contribution is 0.100. The number of nitrogens with zero attached hydrogens (tertiary/aromatic N) is 2. The Hall–Kier alpha value is -1.35. The molecule has 1 rings (SSSR count). The Labute approximate surface area is 88.0 Å². The van der Waals surface area contributed by atoms with Gasteiger partial charge in [-0.1, -0.05) is 17.7 Å². The Bertz CT molecular complexity index is 374. The Morgan fingerprint density at radius 3 is 2.64 bits per heavy atom. The van der Waals surface area contributed by atoms with Gasteiger partial charge in [0, 0.05) is 14.1 Å².